The van der Waals surface area contributed by atoms with E-state index in [4.69, 9.17) is 4.74 Å². The zero-order valence-electron chi connectivity index (χ0n) is 13.0. The van der Waals surface area contributed by atoms with Gasteiger partial charge in [-0.15, -0.1) is 0 Å². The molecule has 0 aliphatic rings. The highest BCUT2D eigenvalue weighted by atomic mass is 32.2. The van der Waals surface area contributed by atoms with E-state index in [0.717, 1.165) is 6.26 Å². The number of hydrogen-bond acceptors (Lipinski definition) is 5. The van der Waals surface area contributed by atoms with E-state index in [1.54, 1.807) is 20.8 Å². The first-order valence-electron chi connectivity index (χ1n) is 6.46. The second kappa shape index (κ2) is 7.35. The van der Waals surface area contributed by atoms with Crippen LogP contribution in [0.2, 0.25) is 0 Å². The number of halogens is 2. The summed E-state index contributed by atoms with van der Waals surface area (Å²) < 4.78 is 53.9. The maximum absolute atomic E-state index is 13.5. The van der Waals surface area contributed by atoms with Gasteiger partial charge in [0.05, 0.1) is 18.8 Å². The minimum Gasteiger partial charge on any atom is -0.444 e. The topological polar surface area (TPSA) is 84.5 Å². The van der Waals surface area contributed by atoms with Crippen molar-refractivity contribution in [1.82, 2.24) is 10.6 Å². The van der Waals surface area contributed by atoms with E-state index < -0.39 is 46.6 Å². The monoisotopic (exact) mass is 330 g/mol. The molecule has 0 aliphatic carbocycles. The highest BCUT2D eigenvalue weighted by Crippen LogP contribution is 2.12. The van der Waals surface area contributed by atoms with Crippen molar-refractivity contribution in [3.8, 4) is 0 Å². The van der Waals surface area contributed by atoms with Crippen LogP contribution in [0.15, 0.2) is 0 Å². The molecule has 0 spiro atoms. The Labute approximate surface area is 124 Å². The van der Waals surface area contributed by atoms with Crippen molar-refractivity contribution >= 4 is 15.9 Å². The molecule has 0 fully saturated rings. The fraction of sp³-hybridized carbons (Fsp3) is 0.917. The van der Waals surface area contributed by atoms with Crippen LogP contribution in [0.3, 0.4) is 0 Å². The Morgan fingerprint density at radius 3 is 2.19 bits per heavy atom. The van der Waals surface area contributed by atoms with Gasteiger partial charge in [-0.05, 0) is 27.7 Å². The summed E-state index contributed by atoms with van der Waals surface area (Å²) in [5.41, 5.74) is -0.762. The molecule has 9 heteroatoms. The van der Waals surface area contributed by atoms with Crippen molar-refractivity contribution in [1.29, 1.82) is 0 Å². The summed E-state index contributed by atoms with van der Waals surface area (Å²) in [5, 5.41) is 4.41. The van der Waals surface area contributed by atoms with Gasteiger partial charge in [-0.2, -0.15) is 0 Å². The molecule has 0 saturated carbocycles. The van der Waals surface area contributed by atoms with E-state index in [-0.39, 0.29) is 5.75 Å². The Morgan fingerprint density at radius 2 is 1.76 bits per heavy atom. The summed E-state index contributed by atoms with van der Waals surface area (Å²) in [6, 6.07) is -0.604. The van der Waals surface area contributed by atoms with Gasteiger partial charge >= 0.3 is 6.09 Å². The Morgan fingerprint density at radius 1 is 1.24 bits per heavy atom. The van der Waals surface area contributed by atoms with Crippen molar-refractivity contribution < 1.29 is 26.7 Å². The molecule has 0 aromatic rings. The van der Waals surface area contributed by atoms with Gasteiger partial charge in [0.2, 0.25) is 0 Å². The van der Waals surface area contributed by atoms with Crippen LogP contribution in [0.25, 0.3) is 0 Å². The molecule has 1 unspecified atom stereocenters. The van der Waals surface area contributed by atoms with E-state index in [1.807, 2.05) is 5.32 Å². The number of carbonyl (C=O) groups excluding carboxylic acids is 1. The van der Waals surface area contributed by atoms with Crippen molar-refractivity contribution in [2.45, 2.75) is 45.3 Å². The molecular formula is C12H24F2N2O4S. The summed E-state index contributed by atoms with van der Waals surface area (Å²) in [5.74, 6) is -3.44. The average Bonchev–Trinajstić information content (AvgIpc) is 2.19. The number of ether oxygens (including phenoxy) is 1. The summed E-state index contributed by atoms with van der Waals surface area (Å²) in [7, 11) is -3.23. The zero-order chi connectivity index (χ0) is 16.9. The van der Waals surface area contributed by atoms with Gasteiger partial charge in [0.25, 0.3) is 5.92 Å². The number of rotatable bonds is 7. The van der Waals surface area contributed by atoms with Gasteiger partial charge in [-0.1, -0.05) is 0 Å². The quantitative estimate of drug-likeness (QED) is 0.732. The van der Waals surface area contributed by atoms with Crippen LogP contribution in [-0.4, -0.2) is 57.2 Å². The highest BCUT2D eigenvalue weighted by molar-refractivity contribution is 7.90. The van der Waals surface area contributed by atoms with Crippen LogP contribution in [0, 0.1) is 0 Å². The molecule has 6 nitrogen and oxygen atoms in total. The molecule has 1 atom stereocenters. The molecule has 126 valence electrons. The number of sulfone groups is 1. The summed E-state index contributed by atoms with van der Waals surface area (Å²) in [4.78, 5) is 11.3. The van der Waals surface area contributed by atoms with Crippen LogP contribution < -0.4 is 10.6 Å². The highest BCUT2D eigenvalue weighted by Gasteiger charge is 2.31. The van der Waals surface area contributed by atoms with Crippen molar-refractivity contribution in [3.63, 3.8) is 0 Å². The van der Waals surface area contributed by atoms with E-state index in [2.05, 4.69) is 5.32 Å². The van der Waals surface area contributed by atoms with Crippen LogP contribution in [0.1, 0.15) is 27.7 Å². The van der Waals surface area contributed by atoms with Crippen molar-refractivity contribution in [2.24, 2.45) is 0 Å². The molecule has 0 radical (unpaired) electrons. The normalized spacial score (nSPS) is 14.6. The summed E-state index contributed by atoms with van der Waals surface area (Å²) in [6.07, 6.45) is 0.110. The van der Waals surface area contributed by atoms with Crippen LogP contribution in [0.4, 0.5) is 13.6 Å². The molecule has 2 N–H and O–H groups in total. The number of nitrogens with one attached hydrogen (secondary N) is 2. The molecule has 0 aromatic heterocycles. The van der Waals surface area contributed by atoms with E-state index in [1.165, 1.54) is 6.92 Å². The molecule has 0 saturated heterocycles. The molecule has 0 aliphatic heterocycles. The van der Waals surface area contributed by atoms with Gasteiger partial charge in [0.15, 0.2) is 0 Å². The number of hydrogen-bond donors (Lipinski definition) is 2. The largest absolute Gasteiger partial charge is 0.444 e. The fourth-order valence-corrected chi connectivity index (χ4v) is 2.44. The third kappa shape index (κ3) is 12.5. The van der Waals surface area contributed by atoms with E-state index >= 15 is 0 Å². The van der Waals surface area contributed by atoms with E-state index in [0.29, 0.717) is 0 Å². The standard InChI is InChI=1S/C12H24F2N2O4S/c1-9(6-21(5,18)19)15-7-12(13,14)8-16-10(17)20-11(2,3)4/h9,15H,6-8H2,1-5H3,(H,16,17). The first-order valence-corrected chi connectivity index (χ1v) is 8.52. The molecule has 0 rings (SSSR count). The zero-order valence-corrected chi connectivity index (χ0v) is 13.8. The summed E-state index contributed by atoms with van der Waals surface area (Å²) >= 11 is 0. The number of alkyl carbamates (subject to hydrolysis) is 1. The number of carbonyl (C=O) groups is 1. The lowest BCUT2D eigenvalue weighted by atomic mass is 10.2. The third-order valence-corrected chi connectivity index (χ3v) is 3.26. The van der Waals surface area contributed by atoms with Gasteiger partial charge in [0.1, 0.15) is 15.4 Å². The van der Waals surface area contributed by atoms with Crippen LogP contribution in [0.5, 0.6) is 0 Å². The lowest BCUT2D eigenvalue weighted by molar-refractivity contribution is -0.00477. The molecule has 21 heavy (non-hydrogen) atoms. The third-order valence-electron chi connectivity index (χ3n) is 2.15. The van der Waals surface area contributed by atoms with Crippen LogP contribution in [-0.2, 0) is 14.6 Å². The Hall–Kier alpha value is -0.960. The molecular weight excluding hydrogens is 306 g/mol. The first kappa shape index (κ1) is 20.0. The van der Waals surface area contributed by atoms with E-state index in [9.17, 15) is 22.0 Å². The SMILES string of the molecule is CC(CS(C)(=O)=O)NCC(F)(F)CNC(=O)OC(C)(C)C. The van der Waals surface area contributed by atoms with Crippen molar-refractivity contribution in [3.05, 3.63) is 0 Å². The minimum absolute atomic E-state index is 0.234. The fourth-order valence-electron chi connectivity index (χ4n) is 1.41. The van der Waals surface area contributed by atoms with Gasteiger partial charge in [0, 0.05) is 12.3 Å². The van der Waals surface area contributed by atoms with Crippen LogP contribution >= 0.6 is 0 Å². The predicted molar refractivity (Wildman–Crippen MR) is 76.4 cm³/mol. The lowest BCUT2D eigenvalue weighted by Crippen LogP contribution is -2.47. The predicted octanol–water partition coefficient (Wildman–Crippen LogP) is 1.17. The van der Waals surface area contributed by atoms with Gasteiger partial charge < -0.3 is 15.4 Å². The minimum atomic E-state index is -3.23. The van der Waals surface area contributed by atoms with Gasteiger partial charge in [-0.25, -0.2) is 22.0 Å². The first-order chi connectivity index (χ1) is 9.20. The Kier molecular flexibility index (Phi) is 7.01. The number of alkyl halides is 2. The van der Waals surface area contributed by atoms with Gasteiger partial charge in [-0.3, -0.25) is 0 Å². The second-order valence-electron chi connectivity index (χ2n) is 6.09. The van der Waals surface area contributed by atoms with Crippen molar-refractivity contribution in [2.75, 3.05) is 25.1 Å². The average molecular weight is 330 g/mol. The lowest BCUT2D eigenvalue weighted by Gasteiger charge is -2.23. The Balaban J connectivity index is 4.17. The second-order valence-corrected chi connectivity index (χ2v) is 8.27. The smallest absolute Gasteiger partial charge is 0.407 e. The number of amides is 1. The summed E-state index contributed by atoms with van der Waals surface area (Å²) in [6.45, 7) is 4.75. The molecule has 0 aromatic carbocycles. The maximum atomic E-state index is 13.5. The Bertz CT molecular complexity index is 447. The molecule has 0 heterocycles. The molecule has 1 amide bonds. The molecule has 0 bridgehead atoms. The maximum Gasteiger partial charge on any atom is 0.407 e.